The Morgan fingerprint density at radius 1 is 1.33 bits per heavy atom. The summed E-state index contributed by atoms with van der Waals surface area (Å²) in [6, 6.07) is 2.13. The Morgan fingerprint density at radius 3 is 2.90 bits per heavy atom. The summed E-state index contributed by atoms with van der Waals surface area (Å²) in [5.41, 5.74) is 0.0856. The number of H-pyrrole nitrogens is 2. The maximum atomic E-state index is 12.0. The summed E-state index contributed by atoms with van der Waals surface area (Å²) in [6.07, 6.45) is 1.39. The second kappa shape index (κ2) is 4.87. The van der Waals surface area contributed by atoms with Gasteiger partial charge in [0, 0.05) is 12.1 Å². The monoisotopic (exact) mass is 306 g/mol. The van der Waals surface area contributed by atoms with E-state index in [2.05, 4.69) is 30.2 Å². The number of pyridine rings is 1. The number of aromatic hydroxyl groups is 1. The third-order valence-electron chi connectivity index (χ3n) is 2.56. The quantitative estimate of drug-likeness (QED) is 0.513. The Hall–Kier alpha value is -2.94. The number of nitrogens with zero attached hydrogens (tertiary/aromatic N) is 3. The van der Waals surface area contributed by atoms with Crippen molar-refractivity contribution in [2.24, 2.45) is 0 Å². The lowest BCUT2D eigenvalue weighted by Crippen LogP contribution is -2.17. The number of carbonyl (C=O) groups is 1. The maximum Gasteiger partial charge on any atom is 0.258 e. The number of fused-ring (bicyclic) bond motifs is 1. The summed E-state index contributed by atoms with van der Waals surface area (Å²) >= 11 is 5.91. The van der Waals surface area contributed by atoms with Gasteiger partial charge in [-0.15, -0.1) is 0 Å². The number of halogens is 1. The summed E-state index contributed by atoms with van der Waals surface area (Å²) in [5, 5.41) is 11.7. The van der Waals surface area contributed by atoms with E-state index in [-0.39, 0.29) is 16.7 Å². The van der Waals surface area contributed by atoms with Crippen molar-refractivity contribution in [2.45, 2.75) is 0 Å². The molecule has 3 aromatic rings. The van der Waals surface area contributed by atoms with Gasteiger partial charge in [0.1, 0.15) is 5.52 Å². The Labute approximate surface area is 121 Å². The number of aromatic amines is 2. The molecule has 0 aliphatic carbocycles. The summed E-state index contributed by atoms with van der Waals surface area (Å²) in [7, 11) is 0. The highest BCUT2D eigenvalue weighted by atomic mass is 35.5. The van der Waals surface area contributed by atoms with Gasteiger partial charge in [-0.3, -0.25) is 19.9 Å². The highest BCUT2D eigenvalue weighted by molar-refractivity contribution is 6.33. The molecule has 0 radical (unpaired) electrons. The minimum Gasteiger partial charge on any atom is -0.494 e. The van der Waals surface area contributed by atoms with Gasteiger partial charge in [-0.2, -0.15) is 9.97 Å². The Kier molecular flexibility index (Phi) is 3.03. The largest absolute Gasteiger partial charge is 0.494 e. The first-order valence-corrected chi connectivity index (χ1v) is 6.02. The van der Waals surface area contributed by atoms with Crippen molar-refractivity contribution in [3.63, 3.8) is 0 Å². The molecule has 3 aromatic heterocycles. The lowest BCUT2D eigenvalue weighted by Gasteiger charge is -2.04. The fourth-order valence-electron chi connectivity index (χ4n) is 1.69. The van der Waals surface area contributed by atoms with Gasteiger partial charge in [-0.1, -0.05) is 11.6 Å². The standard InChI is InChI=1S/C11H7ClN6O3/c12-8-7-9(14-3-13-7)17-11(16-8)18-10(21)4-1-5(19)15-6(20)2-4/h1-3H,(H2,15,19,20)(H2,13,14,16,17,18,21). The summed E-state index contributed by atoms with van der Waals surface area (Å²) in [5.74, 6) is -1.15. The second-order valence-electron chi connectivity index (χ2n) is 4.01. The van der Waals surface area contributed by atoms with Crippen LogP contribution in [0.3, 0.4) is 0 Å². The van der Waals surface area contributed by atoms with Gasteiger partial charge in [-0.25, -0.2) is 4.98 Å². The average molecular weight is 307 g/mol. The van der Waals surface area contributed by atoms with Gasteiger partial charge < -0.3 is 10.1 Å². The van der Waals surface area contributed by atoms with E-state index in [1.54, 1.807) is 0 Å². The van der Waals surface area contributed by atoms with E-state index in [1.807, 2.05) is 0 Å². The van der Waals surface area contributed by atoms with Crippen LogP contribution >= 0.6 is 11.6 Å². The molecular weight excluding hydrogens is 300 g/mol. The predicted molar refractivity (Wildman–Crippen MR) is 73.4 cm³/mol. The van der Waals surface area contributed by atoms with Crippen LogP contribution in [-0.4, -0.2) is 35.9 Å². The zero-order valence-electron chi connectivity index (χ0n) is 10.2. The molecule has 3 rings (SSSR count). The van der Waals surface area contributed by atoms with Crippen LogP contribution in [0, 0.1) is 0 Å². The van der Waals surface area contributed by atoms with Crippen LogP contribution in [-0.2, 0) is 0 Å². The van der Waals surface area contributed by atoms with Crippen molar-refractivity contribution in [1.29, 1.82) is 0 Å². The highest BCUT2D eigenvalue weighted by Gasteiger charge is 2.13. The molecule has 0 spiro atoms. The molecule has 0 fully saturated rings. The van der Waals surface area contributed by atoms with Crippen LogP contribution in [0.5, 0.6) is 5.88 Å². The molecule has 3 heterocycles. The van der Waals surface area contributed by atoms with Gasteiger partial charge in [-0.05, 0) is 0 Å². The molecule has 9 nitrogen and oxygen atoms in total. The Morgan fingerprint density at radius 2 is 2.14 bits per heavy atom. The van der Waals surface area contributed by atoms with Gasteiger partial charge in [0.2, 0.25) is 5.95 Å². The number of imidazole rings is 1. The zero-order chi connectivity index (χ0) is 15.0. The molecule has 10 heteroatoms. The van der Waals surface area contributed by atoms with Crippen LogP contribution in [0.25, 0.3) is 11.2 Å². The smallest absolute Gasteiger partial charge is 0.258 e. The third-order valence-corrected chi connectivity index (χ3v) is 2.83. The normalized spacial score (nSPS) is 10.7. The first kappa shape index (κ1) is 13.1. The van der Waals surface area contributed by atoms with Crippen molar-refractivity contribution in [2.75, 3.05) is 5.32 Å². The van der Waals surface area contributed by atoms with E-state index in [0.717, 1.165) is 12.1 Å². The van der Waals surface area contributed by atoms with Gasteiger partial charge in [0.15, 0.2) is 16.7 Å². The average Bonchev–Trinajstić information content (AvgIpc) is 2.86. The van der Waals surface area contributed by atoms with E-state index < -0.39 is 17.3 Å². The second-order valence-corrected chi connectivity index (χ2v) is 4.37. The molecule has 0 aliphatic rings. The van der Waals surface area contributed by atoms with Crippen molar-refractivity contribution in [3.8, 4) is 5.88 Å². The lowest BCUT2D eigenvalue weighted by atomic mass is 10.2. The number of rotatable bonds is 2. The minimum atomic E-state index is -0.664. The molecule has 0 saturated carbocycles. The summed E-state index contributed by atoms with van der Waals surface area (Å²) in [6.45, 7) is 0. The molecule has 0 unspecified atom stereocenters. The third kappa shape index (κ3) is 2.54. The molecule has 1 amide bonds. The first-order chi connectivity index (χ1) is 10.0. The fraction of sp³-hybridized carbons (Fsp3) is 0. The molecular formula is C11H7ClN6O3. The van der Waals surface area contributed by atoms with E-state index in [4.69, 9.17) is 11.6 Å². The minimum absolute atomic E-state index is 0.0434. The number of anilines is 1. The molecule has 0 saturated heterocycles. The van der Waals surface area contributed by atoms with E-state index >= 15 is 0 Å². The lowest BCUT2D eigenvalue weighted by molar-refractivity contribution is 0.102. The van der Waals surface area contributed by atoms with Crippen molar-refractivity contribution >= 4 is 34.6 Å². The molecule has 0 aliphatic heterocycles. The van der Waals surface area contributed by atoms with E-state index in [0.29, 0.717) is 11.2 Å². The zero-order valence-corrected chi connectivity index (χ0v) is 11.0. The fourth-order valence-corrected chi connectivity index (χ4v) is 1.91. The number of hydrogen-bond donors (Lipinski definition) is 4. The highest BCUT2D eigenvalue weighted by Crippen LogP contribution is 2.18. The van der Waals surface area contributed by atoms with Crippen molar-refractivity contribution in [3.05, 3.63) is 39.5 Å². The van der Waals surface area contributed by atoms with Crippen LogP contribution in [0.15, 0.2) is 23.3 Å². The van der Waals surface area contributed by atoms with Crippen molar-refractivity contribution in [1.82, 2.24) is 24.9 Å². The van der Waals surface area contributed by atoms with Crippen molar-refractivity contribution < 1.29 is 9.90 Å². The number of hydrogen-bond acceptors (Lipinski definition) is 6. The summed E-state index contributed by atoms with van der Waals surface area (Å²) < 4.78 is 0. The molecule has 0 aromatic carbocycles. The number of aromatic nitrogens is 5. The predicted octanol–water partition coefficient (Wildman–Crippen LogP) is 0.652. The number of nitrogens with one attached hydrogen (secondary N) is 3. The van der Waals surface area contributed by atoms with E-state index in [9.17, 15) is 14.7 Å². The maximum absolute atomic E-state index is 12.0. The number of carbonyl (C=O) groups excluding carboxylic acids is 1. The van der Waals surface area contributed by atoms with Crippen LogP contribution in [0.4, 0.5) is 5.95 Å². The molecule has 21 heavy (non-hydrogen) atoms. The van der Waals surface area contributed by atoms with Gasteiger partial charge >= 0.3 is 0 Å². The van der Waals surface area contributed by atoms with Crippen LogP contribution < -0.4 is 10.9 Å². The summed E-state index contributed by atoms with van der Waals surface area (Å²) in [4.78, 5) is 39.8. The molecule has 0 atom stereocenters. The Bertz CT molecular complexity index is 902. The molecule has 4 N–H and O–H groups in total. The van der Waals surface area contributed by atoms with Crippen LogP contribution in [0.1, 0.15) is 10.4 Å². The molecule has 0 bridgehead atoms. The SMILES string of the molecule is O=C(Nc1nc(Cl)c2[nH]cnc2n1)c1cc(O)[nH]c(=O)c1. The Balaban J connectivity index is 1.94. The van der Waals surface area contributed by atoms with Crippen LogP contribution in [0.2, 0.25) is 5.15 Å². The number of amides is 1. The first-order valence-electron chi connectivity index (χ1n) is 5.64. The topological polar surface area (TPSA) is 137 Å². The van der Waals surface area contributed by atoms with Gasteiger partial charge in [0.05, 0.1) is 11.9 Å². The molecule has 106 valence electrons. The van der Waals surface area contributed by atoms with E-state index in [1.165, 1.54) is 6.33 Å². The van der Waals surface area contributed by atoms with Gasteiger partial charge in [0.25, 0.3) is 11.5 Å².